The Hall–Kier alpha value is -0.660. The number of carboxylic acid groups (broad SMARTS) is 1. The van der Waals surface area contributed by atoms with E-state index < -0.39 is 22.0 Å². The van der Waals surface area contributed by atoms with E-state index in [0.717, 1.165) is 10.7 Å². The third-order valence-corrected chi connectivity index (χ3v) is 4.87. The highest BCUT2D eigenvalue weighted by atomic mass is 32.2. The maximum absolute atomic E-state index is 12.0. The molecule has 17 heavy (non-hydrogen) atoms. The minimum atomic E-state index is -3.49. The average molecular weight is 265 g/mol. The number of nitrogens with zero attached hydrogens (tertiary/aromatic N) is 1. The number of hydrogen-bond donors (Lipinski definition) is 1. The molecule has 1 aliphatic rings. The minimum Gasteiger partial charge on any atom is -0.480 e. The van der Waals surface area contributed by atoms with E-state index in [2.05, 4.69) is 0 Å². The number of methoxy groups -OCH3 is 1. The molecule has 2 atom stereocenters. The second-order valence-corrected chi connectivity index (χ2v) is 6.23. The first-order valence-corrected chi connectivity index (χ1v) is 7.28. The van der Waals surface area contributed by atoms with Gasteiger partial charge < -0.3 is 9.84 Å². The van der Waals surface area contributed by atoms with Crippen molar-refractivity contribution in [3.8, 4) is 0 Å². The molecule has 1 fully saturated rings. The topological polar surface area (TPSA) is 83.9 Å². The van der Waals surface area contributed by atoms with Crippen LogP contribution in [0.2, 0.25) is 0 Å². The van der Waals surface area contributed by atoms with Gasteiger partial charge in [-0.25, -0.2) is 8.42 Å². The molecule has 0 amide bonds. The summed E-state index contributed by atoms with van der Waals surface area (Å²) in [5.41, 5.74) is 0. The van der Waals surface area contributed by atoms with Crippen molar-refractivity contribution in [3.63, 3.8) is 0 Å². The Morgan fingerprint density at radius 2 is 2.18 bits per heavy atom. The Bertz CT molecular complexity index is 367. The fraction of sp³-hybridized carbons (Fsp3) is 0.900. The van der Waals surface area contributed by atoms with Gasteiger partial charge in [0.15, 0.2) is 0 Å². The van der Waals surface area contributed by atoms with Gasteiger partial charge in [-0.1, -0.05) is 13.3 Å². The lowest BCUT2D eigenvalue weighted by molar-refractivity contribution is -0.140. The van der Waals surface area contributed by atoms with Crippen LogP contribution >= 0.6 is 0 Å². The van der Waals surface area contributed by atoms with Crippen molar-refractivity contribution in [2.24, 2.45) is 0 Å². The second kappa shape index (κ2) is 5.79. The zero-order chi connectivity index (χ0) is 13.1. The van der Waals surface area contributed by atoms with Crippen molar-refractivity contribution in [2.45, 2.75) is 38.3 Å². The molecule has 0 aromatic rings. The number of ether oxygens (including phenoxy) is 1. The van der Waals surface area contributed by atoms with Crippen molar-refractivity contribution in [2.75, 3.05) is 19.4 Å². The molecule has 100 valence electrons. The van der Waals surface area contributed by atoms with Gasteiger partial charge in [-0.3, -0.25) is 4.79 Å². The highest BCUT2D eigenvalue weighted by molar-refractivity contribution is 7.89. The smallest absolute Gasteiger partial charge is 0.322 e. The van der Waals surface area contributed by atoms with Crippen LogP contribution in [-0.4, -0.2) is 55.4 Å². The molecule has 0 aliphatic carbocycles. The van der Waals surface area contributed by atoms with Crippen LogP contribution in [0.3, 0.4) is 0 Å². The molecule has 0 bridgehead atoms. The highest BCUT2D eigenvalue weighted by Crippen LogP contribution is 2.24. The number of carboxylic acids is 1. The fourth-order valence-corrected chi connectivity index (χ4v) is 3.76. The number of aliphatic carboxylic acids is 1. The molecule has 1 saturated heterocycles. The Morgan fingerprint density at radius 1 is 1.53 bits per heavy atom. The van der Waals surface area contributed by atoms with Gasteiger partial charge in [0.05, 0.1) is 11.9 Å². The summed E-state index contributed by atoms with van der Waals surface area (Å²) in [6.45, 7) is 2.03. The van der Waals surface area contributed by atoms with Crippen LogP contribution in [0.1, 0.15) is 26.2 Å². The summed E-state index contributed by atoms with van der Waals surface area (Å²) in [5, 5.41) is 9.02. The third kappa shape index (κ3) is 3.40. The van der Waals surface area contributed by atoms with E-state index in [1.165, 1.54) is 7.11 Å². The van der Waals surface area contributed by atoms with Crippen molar-refractivity contribution < 1.29 is 23.1 Å². The van der Waals surface area contributed by atoms with E-state index in [1.807, 2.05) is 6.92 Å². The Kier molecular flexibility index (Phi) is 4.91. The molecule has 2 unspecified atom stereocenters. The molecule has 1 N–H and O–H groups in total. The van der Waals surface area contributed by atoms with E-state index in [9.17, 15) is 13.2 Å². The molecular formula is C10H19NO5S. The molecule has 1 aliphatic heterocycles. The molecule has 1 heterocycles. The van der Waals surface area contributed by atoms with Crippen LogP contribution in [0.5, 0.6) is 0 Å². The van der Waals surface area contributed by atoms with Gasteiger partial charge in [0.25, 0.3) is 0 Å². The van der Waals surface area contributed by atoms with Gasteiger partial charge in [0.1, 0.15) is 6.04 Å². The molecule has 0 saturated carbocycles. The van der Waals surface area contributed by atoms with Crippen LogP contribution in [0.15, 0.2) is 0 Å². The maximum Gasteiger partial charge on any atom is 0.322 e. The van der Waals surface area contributed by atoms with E-state index in [1.54, 1.807) is 0 Å². The van der Waals surface area contributed by atoms with E-state index >= 15 is 0 Å². The summed E-state index contributed by atoms with van der Waals surface area (Å²) < 4.78 is 30.1. The van der Waals surface area contributed by atoms with Crippen molar-refractivity contribution in [1.29, 1.82) is 0 Å². The Labute approximate surface area is 102 Å². The molecule has 1 rings (SSSR count). The molecule has 6 nitrogen and oxygen atoms in total. The lowest BCUT2D eigenvalue weighted by Gasteiger charge is -2.20. The summed E-state index contributed by atoms with van der Waals surface area (Å²) >= 11 is 0. The van der Waals surface area contributed by atoms with Gasteiger partial charge in [-0.05, 0) is 6.42 Å². The predicted molar refractivity (Wildman–Crippen MR) is 62.2 cm³/mol. The molecular weight excluding hydrogens is 246 g/mol. The SMILES string of the molecule is CCCCS(=O)(=O)N1CC(OC)CC1C(=O)O. The van der Waals surface area contributed by atoms with E-state index in [4.69, 9.17) is 9.84 Å². The lowest BCUT2D eigenvalue weighted by Crippen LogP contribution is -2.41. The van der Waals surface area contributed by atoms with Gasteiger partial charge >= 0.3 is 5.97 Å². The van der Waals surface area contributed by atoms with Crippen molar-refractivity contribution >= 4 is 16.0 Å². The summed E-state index contributed by atoms with van der Waals surface area (Å²) in [7, 11) is -2.02. The standard InChI is InChI=1S/C10H19NO5S/c1-3-4-5-17(14,15)11-7-8(16-2)6-9(11)10(12)13/h8-9H,3-7H2,1-2H3,(H,12,13). The largest absolute Gasteiger partial charge is 0.480 e. The van der Waals surface area contributed by atoms with Crippen LogP contribution < -0.4 is 0 Å². The Morgan fingerprint density at radius 3 is 2.65 bits per heavy atom. The zero-order valence-electron chi connectivity index (χ0n) is 10.1. The summed E-state index contributed by atoms with van der Waals surface area (Å²) in [5.74, 6) is -1.10. The van der Waals surface area contributed by atoms with Crippen molar-refractivity contribution in [3.05, 3.63) is 0 Å². The Balaban J connectivity index is 2.83. The highest BCUT2D eigenvalue weighted by Gasteiger charge is 2.43. The predicted octanol–water partition coefficient (Wildman–Crippen LogP) is 0.290. The molecule has 0 radical (unpaired) electrons. The average Bonchev–Trinajstić information content (AvgIpc) is 2.71. The van der Waals surface area contributed by atoms with Crippen LogP contribution in [-0.2, 0) is 19.6 Å². The quantitative estimate of drug-likeness (QED) is 0.746. The molecule has 0 aromatic carbocycles. The van der Waals surface area contributed by atoms with Gasteiger partial charge in [-0.2, -0.15) is 4.31 Å². The number of sulfonamides is 1. The van der Waals surface area contributed by atoms with E-state index in [-0.39, 0.29) is 24.8 Å². The number of hydrogen-bond acceptors (Lipinski definition) is 4. The lowest BCUT2D eigenvalue weighted by atomic mass is 10.2. The monoisotopic (exact) mass is 265 g/mol. The van der Waals surface area contributed by atoms with Crippen molar-refractivity contribution in [1.82, 2.24) is 4.31 Å². The van der Waals surface area contributed by atoms with Gasteiger partial charge in [0, 0.05) is 20.1 Å². The summed E-state index contributed by atoms with van der Waals surface area (Å²) in [6.07, 6.45) is 1.20. The fourth-order valence-electron chi connectivity index (χ4n) is 1.92. The molecule has 0 aromatic heterocycles. The van der Waals surface area contributed by atoms with Crippen LogP contribution in [0, 0.1) is 0 Å². The number of rotatable bonds is 6. The zero-order valence-corrected chi connectivity index (χ0v) is 10.9. The van der Waals surface area contributed by atoms with Crippen LogP contribution in [0.25, 0.3) is 0 Å². The first-order chi connectivity index (χ1) is 7.92. The minimum absolute atomic E-state index is 0.00368. The second-order valence-electron chi connectivity index (χ2n) is 4.19. The third-order valence-electron chi connectivity index (χ3n) is 2.95. The number of carbonyl (C=O) groups is 1. The number of unbranched alkanes of at least 4 members (excludes halogenated alkanes) is 1. The van der Waals surface area contributed by atoms with Crippen LogP contribution in [0.4, 0.5) is 0 Å². The first kappa shape index (κ1) is 14.4. The summed E-state index contributed by atoms with van der Waals surface area (Å²) in [6, 6.07) is -0.984. The first-order valence-electron chi connectivity index (χ1n) is 5.67. The summed E-state index contributed by atoms with van der Waals surface area (Å²) in [4.78, 5) is 11.0. The van der Waals surface area contributed by atoms with Gasteiger partial charge in [0.2, 0.25) is 10.0 Å². The maximum atomic E-state index is 12.0. The molecule has 7 heteroatoms. The van der Waals surface area contributed by atoms with Gasteiger partial charge in [-0.15, -0.1) is 0 Å². The van der Waals surface area contributed by atoms with E-state index in [0.29, 0.717) is 6.42 Å². The molecule has 0 spiro atoms. The normalized spacial score (nSPS) is 26.2.